The van der Waals surface area contributed by atoms with Crippen LogP contribution >= 0.6 is 15.9 Å². The Morgan fingerprint density at radius 2 is 2.05 bits per heavy atom. The predicted octanol–water partition coefficient (Wildman–Crippen LogP) is 3.31. The molecule has 4 nitrogen and oxygen atoms in total. The van der Waals surface area contributed by atoms with Gasteiger partial charge in [0.2, 0.25) is 5.91 Å². The number of carbonyl (C=O) groups is 1. The van der Waals surface area contributed by atoms with Crippen LogP contribution in [0.25, 0.3) is 0 Å². The lowest BCUT2D eigenvalue weighted by Gasteiger charge is -2.34. The van der Waals surface area contributed by atoms with E-state index in [0.717, 1.165) is 35.8 Å². The molecule has 2 rings (SSSR count). The van der Waals surface area contributed by atoms with Gasteiger partial charge >= 0.3 is 0 Å². The molecule has 1 fully saturated rings. The maximum absolute atomic E-state index is 12.6. The Morgan fingerprint density at radius 3 is 2.65 bits per heavy atom. The van der Waals surface area contributed by atoms with E-state index in [1.165, 1.54) is 6.42 Å². The minimum Gasteiger partial charge on any atom is -0.497 e. The summed E-state index contributed by atoms with van der Waals surface area (Å²) in [7, 11) is 1.61. The SMILES string of the molecule is COc1cc(Br)cc(NC(=O)C2(CN)CCCCC2)c1. The van der Waals surface area contributed by atoms with E-state index in [4.69, 9.17) is 10.5 Å². The van der Waals surface area contributed by atoms with E-state index in [2.05, 4.69) is 21.2 Å². The zero-order valence-electron chi connectivity index (χ0n) is 11.7. The molecule has 3 N–H and O–H groups in total. The van der Waals surface area contributed by atoms with Gasteiger partial charge in [-0.25, -0.2) is 0 Å². The van der Waals surface area contributed by atoms with E-state index in [1.54, 1.807) is 7.11 Å². The molecular weight excluding hydrogens is 320 g/mol. The zero-order valence-corrected chi connectivity index (χ0v) is 13.3. The van der Waals surface area contributed by atoms with Crippen molar-refractivity contribution in [3.05, 3.63) is 22.7 Å². The van der Waals surface area contributed by atoms with Crippen LogP contribution in [0.5, 0.6) is 5.75 Å². The highest BCUT2D eigenvalue weighted by Crippen LogP contribution is 2.37. The third-order valence-corrected chi connectivity index (χ3v) is 4.51. The van der Waals surface area contributed by atoms with Crippen molar-refractivity contribution in [1.82, 2.24) is 0 Å². The molecule has 0 unspecified atom stereocenters. The van der Waals surface area contributed by atoms with Crippen molar-refractivity contribution in [2.75, 3.05) is 19.0 Å². The maximum Gasteiger partial charge on any atom is 0.231 e. The van der Waals surface area contributed by atoms with E-state index in [-0.39, 0.29) is 5.91 Å². The molecule has 1 aliphatic rings. The number of anilines is 1. The number of amides is 1. The fraction of sp³-hybridized carbons (Fsp3) is 0.533. The number of rotatable bonds is 4. The van der Waals surface area contributed by atoms with Gasteiger partial charge in [0.25, 0.3) is 0 Å². The van der Waals surface area contributed by atoms with Gasteiger partial charge < -0.3 is 15.8 Å². The second-order valence-electron chi connectivity index (χ2n) is 5.38. The minimum atomic E-state index is -0.409. The predicted molar refractivity (Wildman–Crippen MR) is 83.9 cm³/mol. The van der Waals surface area contributed by atoms with E-state index >= 15 is 0 Å². The van der Waals surface area contributed by atoms with Gasteiger partial charge in [-0.3, -0.25) is 4.79 Å². The van der Waals surface area contributed by atoms with Crippen molar-refractivity contribution in [1.29, 1.82) is 0 Å². The van der Waals surface area contributed by atoms with E-state index in [0.29, 0.717) is 12.3 Å². The normalized spacial score (nSPS) is 17.6. The van der Waals surface area contributed by atoms with Crippen LogP contribution in [0.4, 0.5) is 5.69 Å². The average molecular weight is 341 g/mol. The Kier molecular flexibility index (Phi) is 5.05. The number of methoxy groups -OCH3 is 1. The fourth-order valence-corrected chi connectivity index (χ4v) is 3.24. The first-order valence-corrected chi connectivity index (χ1v) is 7.75. The molecule has 0 atom stereocenters. The first-order chi connectivity index (χ1) is 9.59. The number of nitrogens with two attached hydrogens (primary N) is 1. The summed E-state index contributed by atoms with van der Waals surface area (Å²) in [5.74, 6) is 0.736. The molecule has 1 aromatic rings. The zero-order chi connectivity index (χ0) is 14.6. The van der Waals surface area contributed by atoms with Crippen LogP contribution in [0.15, 0.2) is 22.7 Å². The molecule has 110 valence electrons. The maximum atomic E-state index is 12.6. The van der Waals surface area contributed by atoms with Gasteiger partial charge in [-0.15, -0.1) is 0 Å². The smallest absolute Gasteiger partial charge is 0.231 e. The number of hydrogen-bond acceptors (Lipinski definition) is 3. The van der Waals surface area contributed by atoms with Crippen LogP contribution < -0.4 is 15.8 Å². The molecule has 0 radical (unpaired) electrons. The first kappa shape index (κ1) is 15.3. The van der Waals surface area contributed by atoms with E-state index in [9.17, 15) is 4.79 Å². The number of ether oxygens (including phenoxy) is 1. The number of hydrogen-bond donors (Lipinski definition) is 2. The molecule has 1 aliphatic carbocycles. The highest BCUT2D eigenvalue weighted by atomic mass is 79.9. The van der Waals surface area contributed by atoms with Crippen LogP contribution in [0.1, 0.15) is 32.1 Å². The molecule has 0 heterocycles. The number of nitrogens with one attached hydrogen (secondary N) is 1. The van der Waals surface area contributed by atoms with Gasteiger partial charge in [0, 0.05) is 22.8 Å². The van der Waals surface area contributed by atoms with E-state index < -0.39 is 5.41 Å². The summed E-state index contributed by atoms with van der Waals surface area (Å²) < 4.78 is 6.08. The van der Waals surface area contributed by atoms with Gasteiger partial charge in [-0.2, -0.15) is 0 Å². The topological polar surface area (TPSA) is 64.3 Å². The van der Waals surface area contributed by atoms with Gasteiger partial charge in [-0.1, -0.05) is 35.2 Å². The van der Waals surface area contributed by atoms with Gasteiger partial charge in [0.15, 0.2) is 0 Å². The quantitative estimate of drug-likeness (QED) is 0.883. The van der Waals surface area contributed by atoms with E-state index in [1.807, 2.05) is 18.2 Å². The Bertz CT molecular complexity index is 485. The Labute approximate surface area is 128 Å². The molecule has 20 heavy (non-hydrogen) atoms. The molecule has 0 bridgehead atoms. The van der Waals surface area contributed by atoms with Crippen molar-refractivity contribution < 1.29 is 9.53 Å². The summed E-state index contributed by atoms with van der Waals surface area (Å²) in [4.78, 5) is 12.6. The summed E-state index contributed by atoms with van der Waals surface area (Å²) in [6, 6.07) is 5.54. The molecule has 5 heteroatoms. The number of benzene rings is 1. The average Bonchev–Trinajstić information content (AvgIpc) is 2.47. The summed E-state index contributed by atoms with van der Waals surface area (Å²) in [5.41, 5.74) is 6.21. The molecule has 0 aromatic heterocycles. The highest BCUT2D eigenvalue weighted by Gasteiger charge is 2.38. The largest absolute Gasteiger partial charge is 0.497 e. The lowest BCUT2D eigenvalue weighted by molar-refractivity contribution is -0.126. The molecule has 0 spiro atoms. The molecule has 0 saturated heterocycles. The van der Waals surface area contributed by atoms with Crippen LogP contribution in [0.3, 0.4) is 0 Å². The van der Waals surface area contributed by atoms with Crippen molar-refractivity contribution in [3.63, 3.8) is 0 Å². The molecule has 1 aromatic carbocycles. The molecule has 0 aliphatic heterocycles. The fourth-order valence-electron chi connectivity index (χ4n) is 2.77. The monoisotopic (exact) mass is 340 g/mol. The van der Waals surface area contributed by atoms with Crippen molar-refractivity contribution in [2.24, 2.45) is 11.1 Å². The van der Waals surface area contributed by atoms with Gasteiger partial charge in [-0.05, 0) is 25.0 Å². The van der Waals surface area contributed by atoms with Crippen LogP contribution in [-0.4, -0.2) is 19.6 Å². The third-order valence-electron chi connectivity index (χ3n) is 4.05. The summed E-state index contributed by atoms with van der Waals surface area (Å²) in [6.07, 6.45) is 5.10. The van der Waals surface area contributed by atoms with Gasteiger partial charge in [0.1, 0.15) is 5.75 Å². The van der Waals surface area contributed by atoms with Crippen molar-refractivity contribution >= 4 is 27.5 Å². The lowest BCUT2D eigenvalue weighted by atomic mass is 9.73. The molecular formula is C15H21BrN2O2. The summed E-state index contributed by atoms with van der Waals surface area (Å²) in [6.45, 7) is 0.407. The standard InChI is InChI=1S/C15H21BrN2O2/c1-20-13-8-11(16)7-12(9-13)18-14(19)15(10-17)5-3-2-4-6-15/h7-9H,2-6,10,17H2,1H3,(H,18,19). The lowest BCUT2D eigenvalue weighted by Crippen LogP contribution is -2.43. The van der Waals surface area contributed by atoms with Crippen LogP contribution in [-0.2, 0) is 4.79 Å². The number of carbonyl (C=O) groups excluding carboxylic acids is 1. The second-order valence-corrected chi connectivity index (χ2v) is 6.29. The summed E-state index contributed by atoms with van der Waals surface area (Å²) >= 11 is 3.41. The Morgan fingerprint density at radius 1 is 1.35 bits per heavy atom. The summed E-state index contributed by atoms with van der Waals surface area (Å²) in [5, 5.41) is 2.99. The Balaban J connectivity index is 2.15. The number of halogens is 1. The van der Waals surface area contributed by atoms with Crippen LogP contribution in [0.2, 0.25) is 0 Å². The van der Waals surface area contributed by atoms with Crippen molar-refractivity contribution in [3.8, 4) is 5.75 Å². The highest BCUT2D eigenvalue weighted by molar-refractivity contribution is 9.10. The second kappa shape index (κ2) is 6.59. The minimum absolute atomic E-state index is 0.0276. The van der Waals surface area contributed by atoms with Crippen LogP contribution in [0, 0.1) is 5.41 Å². The first-order valence-electron chi connectivity index (χ1n) is 6.96. The third kappa shape index (κ3) is 3.33. The van der Waals surface area contributed by atoms with Crippen molar-refractivity contribution in [2.45, 2.75) is 32.1 Å². The molecule has 1 saturated carbocycles. The Hall–Kier alpha value is -1.07. The van der Waals surface area contributed by atoms with Gasteiger partial charge in [0.05, 0.1) is 12.5 Å². The molecule has 1 amide bonds.